The van der Waals surface area contributed by atoms with Gasteiger partial charge in [0.2, 0.25) is 10.0 Å². The zero-order valence-corrected chi connectivity index (χ0v) is 17.9. The number of sulfonamides is 1. The van der Waals surface area contributed by atoms with Crippen LogP contribution in [0.4, 0.5) is 13.2 Å². The van der Waals surface area contributed by atoms with Gasteiger partial charge < -0.3 is 5.32 Å². The van der Waals surface area contributed by atoms with E-state index in [0.717, 1.165) is 30.2 Å². The smallest absolute Gasteiger partial charge is 0.347 e. The monoisotopic (exact) mass is 469 g/mol. The fourth-order valence-electron chi connectivity index (χ4n) is 3.01. The molecule has 0 radical (unpaired) electrons. The van der Waals surface area contributed by atoms with Gasteiger partial charge in [-0.25, -0.2) is 18.1 Å². The number of amides is 1. The van der Waals surface area contributed by atoms with Crippen LogP contribution in [0, 0.1) is 6.92 Å². The van der Waals surface area contributed by atoms with Gasteiger partial charge in [0, 0.05) is 18.0 Å². The normalized spacial score (nSPS) is 14.7. The zero-order chi connectivity index (χ0) is 22.4. The first-order chi connectivity index (χ1) is 14.5. The third-order valence-electron chi connectivity index (χ3n) is 4.89. The molecule has 0 unspecified atom stereocenters. The van der Waals surface area contributed by atoms with Crippen LogP contribution in [0.1, 0.15) is 39.3 Å². The Labute approximate surface area is 180 Å². The largest absolute Gasteiger partial charge is 0.433 e. The van der Waals surface area contributed by atoms with Gasteiger partial charge in [-0.1, -0.05) is 12.1 Å². The number of fused-ring (bicyclic) bond motifs is 1. The van der Waals surface area contributed by atoms with Gasteiger partial charge in [-0.15, -0.1) is 11.3 Å². The van der Waals surface area contributed by atoms with Crippen LogP contribution >= 0.6 is 11.3 Å². The van der Waals surface area contributed by atoms with Crippen molar-refractivity contribution in [1.29, 1.82) is 0 Å². The summed E-state index contributed by atoms with van der Waals surface area (Å²) in [4.78, 5) is 16.8. The highest BCUT2D eigenvalue weighted by atomic mass is 32.2. The number of pyridine rings is 1. The second-order valence-electron chi connectivity index (χ2n) is 7.33. The molecule has 1 aliphatic rings. The van der Waals surface area contributed by atoms with Gasteiger partial charge in [0.05, 0.1) is 9.77 Å². The van der Waals surface area contributed by atoms with E-state index < -0.39 is 27.8 Å². The number of benzene rings is 1. The molecule has 1 fully saturated rings. The molecule has 2 N–H and O–H groups in total. The molecule has 1 aliphatic carbocycles. The molecule has 3 aromatic rings. The minimum absolute atomic E-state index is 0.00946. The molecule has 164 valence electrons. The molecule has 2 aromatic heterocycles. The number of hydrogen-bond acceptors (Lipinski definition) is 5. The van der Waals surface area contributed by atoms with E-state index in [1.807, 2.05) is 0 Å². The second kappa shape index (κ2) is 7.88. The number of carbonyl (C=O) groups is 1. The number of aryl methyl sites for hydroxylation is 1. The predicted octanol–water partition coefficient (Wildman–Crippen LogP) is 3.99. The molecule has 2 heterocycles. The maximum atomic E-state index is 12.9. The average Bonchev–Trinajstić information content (AvgIpc) is 3.46. The topological polar surface area (TPSA) is 88.2 Å². The van der Waals surface area contributed by atoms with Gasteiger partial charge in [0.15, 0.2) is 0 Å². The number of halogens is 3. The molecular formula is C20H18F3N3O3S2. The first-order valence-electron chi connectivity index (χ1n) is 9.41. The first-order valence-corrected chi connectivity index (χ1v) is 11.7. The third kappa shape index (κ3) is 4.73. The second-order valence-corrected chi connectivity index (χ2v) is 10.0. The predicted molar refractivity (Wildman–Crippen MR) is 110 cm³/mol. The van der Waals surface area contributed by atoms with Crippen molar-refractivity contribution in [1.82, 2.24) is 15.0 Å². The van der Waals surface area contributed by atoms with Crippen LogP contribution in [0.2, 0.25) is 0 Å². The lowest BCUT2D eigenvalue weighted by atomic mass is 10.1. The summed E-state index contributed by atoms with van der Waals surface area (Å²) >= 11 is 0.904. The molecule has 0 spiro atoms. The Bertz CT molecular complexity index is 1250. The summed E-state index contributed by atoms with van der Waals surface area (Å²) in [6, 6.07) is 8.39. The van der Waals surface area contributed by atoms with E-state index in [2.05, 4.69) is 15.0 Å². The van der Waals surface area contributed by atoms with Gasteiger partial charge in [0.1, 0.15) is 10.5 Å². The standard InChI is InChI=1S/C20H18F3N3O3S2/c1-11-15-8-9-16(20(21,22)23)25-19(15)30-17(11)18(27)24-10-12-2-6-14(7-3-12)31(28,29)26-13-4-5-13/h2-3,6-9,13,26H,4-5,10H2,1H3,(H,24,27). The number of nitrogens with one attached hydrogen (secondary N) is 2. The van der Waals surface area contributed by atoms with Crippen molar-refractivity contribution in [3.8, 4) is 0 Å². The molecule has 0 saturated heterocycles. The lowest BCUT2D eigenvalue weighted by Gasteiger charge is -2.08. The number of thiophene rings is 1. The summed E-state index contributed by atoms with van der Waals surface area (Å²) < 4.78 is 65.6. The summed E-state index contributed by atoms with van der Waals surface area (Å²) in [5.41, 5.74) is 0.251. The molecule has 0 atom stereocenters. The average molecular weight is 470 g/mol. The Morgan fingerprint density at radius 2 is 1.84 bits per heavy atom. The summed E-state index contributed by atoms with van der Waals surface area (Å²) in [7, 11) is -3.55. The van der Waals surface area contributed by atoms with E-state index in [9.17, 15) is 26.4 Å². The van der Waals surface area contributed by atoms with Crippen LogP contribution in [-0.4, -0.2) is 25.4 Å². The maximum Gasteiger partial charge on any atom is 0.433 e. The van der Waals surface area contributed by atoms with Gasteiger partial charge in [0.25, 0.3) is 5.91 Å². The van der Waals surface area contributed by atoms with Crippen molar-refractivity contribution in [2.45, 2.75) is 43.4 Å². The molecule has 0 aliphatic heterocycles. The minimum Gasteiger partial charge on any atom is -0.347 e. The van der Waals surface area contributed by atoms with Crippen molar-refractivity contribution in [3.63, 3.8) is 0 Å². The van der Waals surface area contributed by atoms with E-state index in [4.69, 9.17) is 0 Å². The Balaban J connectivity index is 1.46. The fraction of sp³-hybridized carbons (Fsp3) is 0.300. The van der Waals surface area contributed by atoms with Gasteiger partial charge in [-0.3, -0.25) is 4.79 Å². The molecule has 6 nitrogen and oxygen atoms in total. The van der Waals surface area contributed by atoms with Crippen molar-refractivity contribution in [2.24, 2.45) is 0 Å². The molecule has 1 saturated carbocycles. The molecule has 0 bridgehead atoms. The lowest BCUT2D eigenvalue weighted by molar-refractivity contribution is -0.140. The zero-order valence-electron chi connectivity index (χ0n) is 16.3. The van der Waals surface area contributed by atoms with Crippen molar-refractivity contribution >= 4 is 37.5 Å². The van der Waals surface area contributed by atoms with Gasteiger partial charge in [-0.05, 0) is 55.2 Å². The highest BCUT2D eigenvalue weighted by Gasteiger charge is 2.33. The number of hydrogen-bond donors (Lipinski definition) is 2. The Morgan fingerprint density at radius 1 is 1.16 bits per heavy atom. The van der Waals surface area contributed by atoms with E-state index in [1.165, 1.54) is 18.2 Å². The minimum atomic E-state index is -4.55. The van der Waals surface area contributed by atoms with Crippen LogP contribution in [0.5, 0.6) is 0 Å². The van der Waals surface area contributed by atoms with Crippen molar-refractivity contribution in [3.05, 3.63) is 58.1 Å². The SMILES string of the molecule is Cc1c(C(=O)NCc2ccc(S(=O)(=O)NC3CC3)cc2)sc2nc(C(F)(F)F)ccc12. The summed E-state index contributed by atoms with van der Waals surface area (Å²) in [5, 5.41) is 3.22. The van der Waals surface area contributed by atoms with Crippen molar-refractivity contribution in [2.75, 3.05) is 0 Å². The molecule has 4 rings (SSSR count). The van der Waals surface area contributed by atoms with E-state index in [1.54, 1.807) is 19.1 Å². The highest BCUT2D eigenvalue weighted by Crippen LogP contribution is 2.34. The van der Waals surface area contributed by atoms with Crippen LogP contribution in [0.3, 0.4) is 0 Å². The van der Waals surface area contributed by atoms with E-state index >= 15 is 0 Å². The number of nitrogens with zero attached hydrogens (tertiary/aromatic N) is 1. The lowest BCUT2D eigenvalue weighted by Crippen LogP contribution is -2.26. The third-order valence-corrected chi connectivity index (χ3v) is 7.62. The molecule has 1 aromatic carbocycles. The maximum absolute atomic E-state index is 12.9. The Morgan fingerprint density at radius 3 is 2.45 bits per heavy atom. The summed E-state index contributed by atoms with van der Waals surface area (Å²) in [5.74, 6) is -0.429. The van der Waals surface area contributed by atoms with E-state index in [0.29, 0.717) is 16.5 Å². The fourth-order valence-corrected chi connectivity index (χ4v) is 5.41. The molecule has 11 heteroatoms. The number of aromatic nitrogens is 1. The van der Waals surface area contributed by atoms with Crippen LogP contribution in [-0.2, 0) is 22.7 Å². The number of alkyl halides is 3. The number of carbonyl (C=O) groups excluding carboxylic acids is 1. The molecule has 1 amide bonds. The molecule has 31 heavy (non-hydrogen) atoms. The Kier molecular flexibility index (Phi) is 5.52. The van der Waals surface area contributed by atoms with Crippen LogP contribution < -0.4 is 10.0 Å². The van der Waals surface area contributed by atoms with Crippen molar-refractivity contribution < 1.29 is 26.4 Å². The molecular weight excluding hydrogens is 451 g/mol. The Hall–Kier alpha value is -2.50. The quantitative estimate of drug-likeness (QED) is 0.571. The van der Waals surface area contributed by atoms with Crippen LogP contribution in [0.15, 0.2) is 41.3 Å². The van der Waals surface area contributed by atoms with Gasteiger partial charge >= 0.3 is 6.18 Å². The summed E-state index contributed by atoms with van der Waals surface area (Å²) in [6.45, 7) is 1.80. The van der Waals surface area contributed by atoms with Gasteiger partial charge in [-0.2, -0.15) is 13.2 Å². The first kappa shape index (κ1) is 21.7. The van der Waals surface area contributed by atoms with Crippen LogP contribution in [0.25, 0.3) is 10.2 Å². The van der Waals surface area contributed by atoms with E-state index in [-0.39, 0.29) is 27.2 Å². The number of rotatable bonds is 6. The summed E-state index contributed by atoms with van der Waals surface area (Å²) in [6.07, 6.45) is -2.87. The highest BCUT2D eigenvalue weighted by molar-refractivity contribution is 7.89.